The van der Waals surface area contributed by atoms with E-state index in [-0.39, 0.29) is 18.1 Å². The van der Waals surface area contributed by atoms with Crippen molar-refractivity contribution in [2.24, 2.45) is 11.7 Å². The van der Waals surface area contributed by atoms with Crippen LogP contribution in [0.3, 0.4) is 0 Å². The highest BCUT2D eigenvalue weighted by Gasteiger charge is 2.39. The summed E-state index contributed by atoms with van der Waals surface area (Å²) in [5.41, 5.74) is 6.35. The van der Waals surface area contributed by atoms with Crippen molar-refractivity contribution >= 4 is 23.3 Å². The number of nitrogens with zero attached hydrogens (tertiary/aromatic N) is 1. The van der Waals surface area contributed by atoms with E-state index in [1.165, 1.54) is 0 Å². The van der Waals surface area contributed by atoms with E-state index in [1.807, 2.05) is 51.1 Å². The number of amides is 1. The number of thiocarbonyl (C=S) groups is 1. The maximum absolute atomic E-state index is 12.4. The molecule has 1 heterocycles. The highest BCUT2D eigenvalue weighted by molar-refractivity contribution is 7.80. The molecule has 4 nitrogen and oxygen atoms in total. The molecule has 0 saturated carbocycles. The van der Waals surface area contributed by atoms with Gasteiger partial charge in [-0.3, -0.25) is 0 Å². The Labute approximate surface area is 131 Å². The van der Waals surface area contributed by atoms with E-state index in [4.69, 9.17) is 22.7 Å². The van der Waals surface area contributed by atoms with Gasteiger partial charge in [0, 0.05) is 12.5 Å². The predicted molar refractivity (Wildman–Crippen MR) is 87.0 cm³/mol. The number of benzene rings is 1. The second kappa shape index (κ2) is 6.02. The molecule has 1 aromatic carbocycles. The van der Waals surface area contributed by atoms with Gasteiger partial charge in [-0.2, -0.15) is 0 Å². The van der Waals surface area contributed by atoms with Gasteiger partial charge < -0.3 is 15.4 Å². The average Bonchev–Trinajstić information content (AvgIpc) is 2.83. The van der Waals surface area contributed by atoms with Gasteiger partial charge in [-0.05, 0) is 32.8 Å². The van der Waals surface area contributed by atoms with E-state index in [9.17, 15) is 4.79 Å². The van der Waals surface area contributed by atoms with Crippen LogP contribution in [0.4, 0.5) is 4.79 Å². The minimum atomic E-state index is -0.514. The van der Waals surface area contributed by atoms with E-state index in [2.05, 4.69) is 0 Å². The van der Waals surface area contributed by atoms with E-state index in [0.717, 1.165) is 12.0 Å². The van der Waals surface area contributed by atoms with E-state index in [1.54, 1.807) is 4.90 Å². The lowest BCUT2D eigenvalue weighted by molar-refractivity contribution is 0.0222. The largest absolute Gasteiger partial charge is 0.444 e. The fourth-order valence-corrected chi connectivity index (χ4v) is 2.73. The standard InChI is InChI=1S/C16H22N2O2S/c1-16(2,3)20-15(19)18-10-12(14(17)21)9-13(18)11-7-5-4-6-8-11/h4-8,12-13H,9-10H2,1-3H3,(H2,17,21)/t12-,13-/m0/s1. The lowest BCUT2D eigenvalue weighted by Crippen LogP contribution is -2.37. The molecule has 1 aliphatic rings. The minimum absolute atomic E-state index is 0.0347. The molecule has 0 spiro atoms. The first-order chi connectivity index (χ1) is 9.78. The molecule has 0 radical (unpaired) electrons. The van der Waals surface area contributed by atoms with Gasteiger partial charge in [0.25, 0.3) is 0 Å². The zero-order valence-corrected chi connectivity index (χ0v) is 13.5. The van der Waals surface area contributed by atoms with E-state index < -0.39 is 5.60 Å². The summed E-state index contributed by atoms with van der Waals surface area (Å²) in [5.74, 6) is 0.0396. The number of likely N-dealkylation sites (tertiary alicyclic amines) is 1. The first-order valence-electron chi connectivity index (χ1n) is 7.12. The van der Waals surface area contributed by atoms with E-state index >= 15 is 0 Å². The SMILES string of the molecule is CC(C)(C)OC(=O)N1C[C@@H](C(N)=S)C[C@H]1c1ccccc1. The molecule has 2 atom stereocenters. The van der Waals surface area contributed by atoms with Crippen LogP contribution in [0.15, 0.2) is 30.3 Å². The number of nitrogens with two attached hydrogens (primary N) is 1. The average molecular weight is 306 g/mol. The minimum Gasteiger partial charge on any atom is -0.444 e. The van der Waals surface area contributed by atoms with Gasteiger partial charge >= 0.3 is 6.09 Å². The summed E-state index contributed by atoms with van der Waals surface area (Å²) in [5, 5.41) is 0. The maximum atomic E-state index is 12.4. The number of rotatable bonds is 2. The van der Waals surface area contributed by atoms with Gasteiger partial charge in [0.1, 0.15) is 5.60 Å². The lowest BCUT2D eigenvalue weighted by Gasteiger charge is -2.28. The van der Waals surface area contributed by atoms with Gasteiger partial charge in [-0.1, -0.05) is 42.5 Å². The molecule has 1 fully saturated rings. The van der Waals surface area contributed by atoms with Crippen LogP contribution < -0.4 is 5.73 Å². The van der Waals surface area contributed by atoms with Crippen molar-refractivity contribution in [3.63, 3.8) is 0 Å². The molecule has 0 aliphatic carbocycles. The number of carbonyl (C=O) groups excluding carboxylic acids is 1. The molecule has 1 amide bonds. The molecular formula is C16H22N2O2S. The summed E-state index contributed by atoms with van der Waals surface area (Å²) < 4.78 is 5.50. The maximum Gasteiger partial charge on any atom is 0.410 e. The van der Waals surface area contributed by atoms with Crippen molar-refractivity contribution in [1.29, 1.82) is 0 Å². The molecule has 0 bridgehead atoms. The van der Waals surface area contributed by atoms with Gasteiger partial charge in [0.2, 0.25) is 0 Å². The first kappa shape index (κ1) is 15.8. The fraction of sp³-hybridized carbons (Fsp3) is 0.500. The van der Waals surface area contributed by atoms with Gasteiger partial charge in [0.05, 0.1) is 11.0 Å². The van der Waals surface area contributed by atoms with Crippen molar-refractivity contribution in [2.45, 2.75) is 38.8 Å². The normalized spacial score (nSPS) is 22.1. The summed E-state index contributed by atoms with van der Waals surface area (Å²) >= 11 is 5.11. The van der Waals surface area contributed by atoms with Crippen molar-refractivity contribution < 1.29 is 9.53 Å². The molecule has 114 valence electrons. The van der Waals surface area contributed by atoms with Crippen molar-refractivity contribution in [2.75, 3.05) is 6.54 Å². The summed E-state index contributed by atoms with van der Waals surface area (Å²) in [6, 6.07) is 9.90. The second-order valence-electron chi connectivity index (χ2n) is 6.39. The van der Waals surface area contributed by atoms with Crippen molar-refractivity contribution in [1.82, 2.24) is 4.90 Å². The predicted octanol–water partition coefficient (Wildman–Crippen LogP) is 3.27. The highest BCUT2D eigenvalue weighted by Crippen LogP contribution is 2.36. The third-order valence-electron chi connectivity index (χ3n) is 3.52. The summed E-state index contributed by atoms with van der Waals surface area (Å²) in [6.07, 6.45) is 0.439. The van der Waals surface area contributed by atoms with Gasteiger partial charge in [-0.15, -0.1) is 0 Å². The summed E-state index contributed by atoms with van der Waals surface area (Å²) in [6.45, 7) is 6.11. The Hall–Kier alpha value is -1.62. The van der Waals surface area contributed by atoms with Crippen LogP contribution in [0.2, 0.25) is 0 Å². The Morgan fingerprint density at radius 2 is 1.95 bits per heavy atom. The summed E-state index contributed by atoms with van der Waals surface area (Å²) in [4.78, 5) is 14.6. The van der Waals surface area contributed by atoms with E-state index in [0.29, 0.717) is 11.5 Å². The zero-order valence-electron chi connectivity index (χ0n) is 12.7. The zero-order chi connectivity index (χ0) is 15.6. The Morgan fingerprint density at radius 3 is 2.48 bits per heavy atom. The number of hydrogen-bond acceptors (Lipinski definition) is 3. The number of carbonyl (C=O) groups is 1. The molecule has 1 saturated heterocycles. The van der Waals surface area contributed by atoms with Crippen LogP contribution in [0.5, 0.6) is 0 Å². The second-order valence-corrected chi connectivity index (χ2v) is 6.87. The molecule has 21 heavy (non-hydrogen) atoms. The Kier molecular flexibility index (Phi) is 4.52. The Bertz CT molecular complexity index is 525. The van der Waals surface area contributed by atoms with Crippen LogP contribution in [0.1, 0.15) is 38.8 Å². The first-order valence-corrected chi connectivity index (χ1v) is 7.52. The third-order valence-corrected chi connectivity index (χ3v) is 3.85. The molecule has 0 unspecified atom stereocenters. The fourth-order valence-electron chi connectivity index (χ4n) is 2.56. The quantitative estimate of drug-likeness (QED) is 0.852. The van der Waals surface area contributed by atoms with Crippen molar-refractivity contribution in [3.05, 3.63) is 35.9 Å². The molecule has 5 heteroatoms. The highest BCUT2D eigenvalue weighted by atomic mass is 32.1. The smallest absolute Gasteiger partial charge is 0.410 e. The Morgan fingerprint density at radius 1 is 1.33 bits per heavy atom. The topological polar surface area (TPSA) is 55.6 Å². The van der Waals surface area contributed by atoms with Crippen LogP contribution in [0.25, 0.3) is 0 Å². The van der Waals surface area contributed by atoms with Crippen LogP contribution >= 0.6 is 12.2 Å². The molecular weight excluding hydrogens is 284 g/mol. The molecule has 2 N–H and O–H groups in total. The Balaban J connectivity index is 2.23. The number of hydrogen-bond donors (Lipinski definition) is 1. The molecule has 0 aromatic heterocycles. The molecule has 2 rings (SSSR count). The molecule has 1 aliphatic heterocycles. The molecule has 1 aromatic rings. The third kappa shape index (κ3) is 3.94. The van der Waals surface area contributed by atoms with Gasteiger partial charge in [0.15, 0.2) is 0 Å². The number of ether oxygens (including phenoxy) is 1. The van der Waals surface area contributed by atoms with Crippen LogP contribution in [0, 0.1) is 5.92 Å². The van der Waals surface area contributed by atoms with Crippen molar-refractivity contribution in [3.8, 4) is 0 Å². The lowest BCUT2D eigenvalue weighted by atomic mass is 10.00. The monoisotopic (exact) mass is 306 g/mol. The van der Waals surface area contributed by atoms with Crippen LogP contribution in [-0.4, -0.2) is 28.1 Å². The van der Waals surface area contributed by atoms with Crippen LogP contribution in [-0.2, 0) is 4.74 Å². The van der Waals surface area contributed by atoms with Gasteiger partial charge in [-0.25, -0.2) is 4.79 Å². The summed E-state index contributed by atoms with van der Waals surface area (Å²) in [7, 11) is 0.